The van der Waals surface area contributed by atoms with Gasteiger partial charge in [-0.1, -0.05) is 13.8 Å². The molecule has 1 aromatic rings. The maximum absolute atomic E-state index is 6.33. The lowest BCUT2D eigenvalue weighted by molar-refractivity contribution is -0.0206. The number of rotatable bonds is 3. The molecule has 3 rings (SSSR count). The summed E-state index contributed by atoms with van der Waals surface area (Å²) in [5.41, 5.74) is 9.51. The Kier molecular flexibility index (Phi) is 3.22. The third-order valence-electron chi connectivity index (χ3n) is 4.74. The molecule has 0 radical (unpaired) electrons. The van der Waals surface area contributed by atoms with Crippen LogP contribution in [0.15, 0.2) is 12.3 Å². The van der Waals surface area contributed by atoms with E-state index in [-0.39, 0.29) is 6.04 Å². The molecule has 106 valence electrons. The smallest absolute Gasteiger partial charge is 0.0614 e. The molecule has 1 aromatic heterocycles. The van der Waals surface area contributed by atoms with Gasteiger partial charge in [0.2, 0.25) is 0 Å². The zero-order chi connectivity index (χ0) is 13.6. The first kappa shape index (κ1) is 13.2. The molecule has 0 aromatic carbocycles. The molecule has 1 unspecified atom stereocenters. The Labute approximate surface area is 116 Å². The van der Waals surface area contributed by atoms with Crippen LogP contribution in [-0.4, -0.2) is 17.3 Å². The SMILES string of the molecule is CCOC1CC(n2ccc3c2CC(C)(C)CC3N)C1. The van der Waals surface area contributed by atoms with Gasteiger partial charge in [-0.25, -0.2) is 0 Å². The maximum Gasteiger partial charge on any atom is 0.0614 e. The van der Waals surface area contributed by atoms with E-state index in [1.54, 1.807) is 0 Å². The van der Waals surface area contributed by atoms with Gasteiger partial charge in [-0.3, -0.25) is 0 Å². The molecule has 1 atom stereocenters. The highest BCUT2D eigenvalue weighted by molar-refractivity contribution is 5.31. The van der Waals surface area contributed by atoms with E-state index >= 15 is 0 Å². The van der Waals surface area contributed by atoms with Crippen molar-refractivity contribution < 1.29 is 4.74 Å². The maximum atomic E-state index is 6.33. The van der Waals surface area contributed by atoms with Gasteiger partial charge in [-0.2, -0.15) is 0 Å². The Morgan fingerprint density at radius 1 is 1.42 bits per heavy atom. The van der Waals surface area contributed by atoms with E-state index in [2.05, 4.69) is 37.6 Å². The molecule has 0 amide bonds. The average molecular weight is 262 g/mol. The van der Waals surface area contributed by atoms with Crippen molar-refractivity contribution in [3.05, 3.63) is 23.5 Å². The molecular formula is C16H26N2O. The van der Waals surface area contributed by atoms with E-state index in [0.29, 0.717) is 17.6 Å². The molecule has 2 aliphatic carbocycles. The fourth-order valence-corrected chi connectivity index (χ4v) is 3.74. The van der Waals surface area contributed by atoms with Crippen molar-refractivity contribution in [3.8, 4) is 0 Å². The number of ether oxygens (including phenoxy) is 1. The van der Waals surface area contributed by atoms with Crippen molar-refractivity contribution in [1.82, 2.24) is 4.57 Å². The zero-order valence-electron chi connectivity index (χ0n) is 12.4. The second-order valence-corrected chi connectivity index (χ2v) is 6.98. The van der Waals surface area contributed by atoms with Gasteiger partial charge in [-0.15, -0.1) is 0 Å². The van der Waals surface area contributed by atoms with Crippen LogP contribution in [-0.2, 0) is 11.2 Å². The molecule has 1 saturated carbocycles. The van der Waals surface area contributed by atoms with E-state index in [1.165, 1.54) is 11.3 Å². The first-order chi connectivity index (χ1) is 9.00. The number of hydrogen-bond acceptors (Lipinski definition) is 2. The van der Waals surface area contributed by atoms with Crippen LogP contribution < -0.4 is 5.73 Å². The van der Waals surface area contributed by atoms with Crippen molar-refractivity contribution >= 4 is 0 Å². The molecule has 3 heteroatoms. The molecule has 0 saturated heterocycles. The molecule has 19 heavy (non-hydrogen) atoms. The first-order valence-corrected chi connectivity index (χ1v) is 7.57. The molecule has 1 fully saturated rings. The average Bonchev–Trinajstić information content (AvgIpc) is 2.64. The van der Waals surface area contributed by atoms with Gasteiger partial charge in [0.25, 0.3) is 0 Å². The van der Waals surface area contributed by atoms with Crippen LogP contribution >= 0.6 is 0 Å². The molecule has 2 aliphatic rings. The van der Waals surface area contributed by atoms with Crippen molar-refractivity contribution in [3.63, 3.8) is 0 Å². The molecule has 3 nitrogen and oxygen atoms in total. The van der Waals surface area contributed by atoms with Crippen LogP contribution in [0.3, 0.4) is 0 Å². The molecule has 0 bridgehead atoms. The molecule has 2 N–H and O–H groups in total. The standard InChI is InChI=1S/C16H26N2O/c1-4-19-12-7-11(8-12)18-6-5-13-14(17)9-16(2,3)10-15(13)18/h5-6,11-12,14H,4,7-10,17H2,1-3H3. The topological polar surface area (TPSA) is 40.2 Å². The van der Waals surface area contributed by atoms with Crippen molar-refractivity contribution in [1.29, 1.82) is 0 Å². The summed E-state index contributed by atoms with van der Waals surface area (Å²) in [5, 5.41) is 0. The number of aromatic nitrogens is 1. The van der Waals surface area contributed by atoms with Crippen molar-refractivity contribution in [2.24, 2.45) is 11.1 Å². The third kappa shape index (κ3) is 2.34. The van der Waals surface area contributed by atoms with Crippen molar-refractivity contribution in [2.45, 2.75) is 64.6 Å². The van der Waals surface area contributed by atoms with Gasteiger partial charge in [-0.05, 0) is 49.7 Å². The highest BCUT2D eigenvalue weighted by Crippen LogP contribution is 2.43. The minimum atomic E-state index is 0.211. The third-order valence-corrected chi connectivity index (χ3v) is 4.74. The lowest BCUT2D eigenvalue weighted by Gasteiger charge is -2.40. The lowest BCUT2D eigenvalue weighted by Crippen LogP contribution is -2.36. The highest BCUT2D eigenvalue weighted by Gasteiger charge is 2.37. The largest absolute Gasteiger partial charge is 0.378 e. The van der Waals surface area contributed by atoms with Gasteiger partial charge < -0.3 is 15.0 Å². The summed E-state index contributed by atoms with van der Waals surface area (Å²) in [6.07, 6.45) is 7.28. The predicted molar refractivity (Wildman–Crippen MR) is 77.1 cm³/mol. The van der Waals surface area contributed by atoms with E-state index in [1.807, 2.05) is 0 Å². The molecule has 0 spiro atoms. The number of fused-ring (bicyclic) bond motifs is 1. The summed E-state index contributed by atoms with van der Waals surface area (Å²) >= 11 is 0. The minimum Gasteiger partial charge on any atom is -0.378 e. The summed E-state index contributed by atoms with van der Waals surface area (Å²) in [7, 11) is 0. The van der Waals surface area contributed by atoms with Gasteiger partial charge in [0.15, 0.2) is 0 Å². The van der Waals surface area contributed by atoms with Gasteiger partial charge in [0.1, 0.15) is 0 Å². The Hall–Kier alpha value is -0.800. The molecule has 0 aliphatic heterocycles. The summed E-state index contributed by atoms with van der Waals surface area (Å²) in [6.45, 7) is 7.57. The van der Waals surface area contributed by atoms with Crippen LogP contribution in [0.4, 0.5) is 0 Å². The van der Waals surface area contributed by atoms with E-state index in [4.69, 9.17) is 10.5 Å². The summed E-state index contributed by atoms with van der Waals surface area (Å²) in [6, 6.07) is 3.08. The summed E-state index contributed by atoms with van der Waals surface area (Å²) in [5.74, 6) is 0. The summed E-state index contributed by atoms with van der Waals surface area (Å²) < 4.78 is 8.15. The van der Waals surface area contributed by atoms with Gasteiger partial charge >= 0.3 is 0 Å². The zero-order valence-corrected chi connectivity index (χ0v) is 12.4. The Balaban J connectivity index is 1.79. The normalized spacial score (nSPS) is 32.7. The number of nitrogens with zero attached hydrogens (tertiary/aromatic N) is 1. The second-order valence-electron chi connectivity index (χ2n) is 6.98. The van der Waals surface area contributed by atoms with Gasteiger partial charge in [0.05, 0.1) is 6.10 Å². The summed E-state index contributed by atoms with van der Waals surface area (Å²) in [4.78, 5) is 0. The van der Waals surface area contributed by atoms with Gasteiger partial charge in [0, 0.05) is 30.6 Å². The minimum absolute atomic E-state index is 0.211. The van der Waals surface area contributed by atoms with Crippen LogP contribution in [0.25, 0.3) is 0 Å². The van der Waals surface area contributed by atoms with Crippen LogP contribution in [0, 0.1) is 5.41 Å². The highest BCUT2D eigenvalue weighted by atomic mass is 16.5. The van der Waals surface area contributed by atoms with E-state index < -0.39 is 0 Å². The fraction of sp³-hybridized carbons (Fsp3) is 0.750. The van der Waals surface area contributed by atoms with Crippen LogP contribution in [0.2, 0.25) is 0 Å². The number of hydrogen-bond donors (Lipinski definition) is 1. The second kappa shape index (κ2) is 4.64. The number of nitrogens with two attached hydrogens (primary N) is 1. The molecule has 1 heterocycles. The van der Waals surface area contributed by atoms with E-state index in [0.717, 1.165) is 32.3 Å². The molecular weight excluding hydrogens is 236 g/mol. The Bertz CT molecular complexity index is 457. The fourth-order valence-electron chi connectivity index (χ4n) is 3.74. The predicted octanol–water partition coefficient (Wildman–Crippen LogP) is 3.20. The lowest BCUT2D eigenvalue weighted by atomic mass is 9.74. The Morgan fingerprint density at radius 3 is 2.84 bits per heavy atom. The Morgan fingerprint density at radius 2 is 2.16 bits per heavy atom. The van der Waals surface area contributed by atoms with Crippen molar-refractivity contribution in [2.75, 3.05) is 6.61 Å². The van der Waals surface area contributed by atoms with Crippen LogP contribution in [0.5, 0.6) is 0 Å². The monoisotopic (exact) mass is 262 g/mol. The van der Waals surface area contributed by atoms with Crippen LogP contribution in [0.1, 0.15) is 63.4 Å². The van der Waals surface area contributed by atoms with E-state index in [9.17, 15) is 0 Å². The quantitative estimate of drug-likeness (QED) is 0.908. The first-order valence-electron chi connectivity index (χ1n) is 7.57.